The number of hydrogen-bond acceptors (Lipinski definition) is 7. The molecule has 0 spiro atoms. The molecule has 2 aliphatic rings. The maximum atomic E-state index is 13.1. The highest BCUT2D eigenvalue weighted by Crippen LogP contribution is 2.33. The Hall–Kier alpha value is -3.83. The molecule has 0 bridgehead atoms. The summed E-state index contributed by atoms with van der Waals surface area (Å²) >= 11 is 0. The van der Waals surface area contributed by atoms with E-state index in [-0.39, 0.29) is 23.8 Å². The number of hydrogen-bond donors (Lipinski definition) is 2. The van der Waals surface area contributed by atoms with E-state index in [1.54, 1.807) is 35.4 Å². The monoisotopic (exact) mass is 492 g/mol. The third-order valence-corrected chi connectivity index (χ3v) is 7.97. The molecule has 1 fully saturated rings. The summed E-state index contributed by atoms with van der Waals surface area (Å²) < 4.78 is 27.6. The number of nitrogens with one attached hydrogen (secondary N) is 2. The second-order valence-electron chi connectivity index (χ2n) is 8.39. The lowest BCUT2D eigenvalue weighted by atomic mass is 10.1. The second-order valence-corrected chi connectivity index (χ2v) is 10.3. The molecule has 2 amide bonds. The smallest absolute Gasteiger partial charge is 0.243 e. The number of aromatic nitrogens is 2. The standard InChI is InChI=1S/C24H24N6O4S/c31-16-29-10-3-11-30(13-12-29)35(33,34)19-8-6-18(7-9-19)26-24-25-15-17-14-22(32)27-21-5-2-1-4-20(21)23(17)28-24/h1-2,4-9,15-16H,3,10-14H2,(H,27,32)(H,25,26,28). The van der Waals surface area contributed by atoms with Gasteiger partial charge >= 0.3 is 0 Å². The molecule has 0 unspecified atom stereocenters. The molecule has 0 atom stereocenters. The van der Waals surface area contributed by atoms with Gasteiger partial charge in [0.1, 0.15) is 0 Å². The lowest BCUT2D eigenvalue weighted by molar-refractivity contribution is -0.118. The summed E-state index contributed by atoms with van der Waals surface area (Å²) in [7, 11) is -3.67. The van der Waals surface area contributed by atoms with Gasteiger partial charge in [-0.25, -0.2) is 18.4 Å². The molecule has 180 valence electrons. The Balaban J connectivity index is 1.36. The van der Waals surface area contributed by atoms with Gasteiger partial charge in [0.05, 0.1) is 22.7 Å². The highest BCUT2D eigenvalue weighted by atomic mass is 32.2. The number of anilines is 3. The second kappa shape index (κ2) is 9.43. The van der Waals surface area contributed by atoms with Crippen LogP contribution in [0.25, 0.3) is 11.3 Å². The van der Waals surface area contributed by atoms with E-state index in [1.807, 2.05) is 24.3 Å². The molecule has 5 rings (SSSR count). The number of fused-ring (bicyclic) bond motifs is 3. The molecule has 10 nitrogen and oxygen atoms in total. The molecule has 35 heavy (non-hydrogen) atoms. The molecule has 11 heteroatoms. The predicted molar refractivity (Wildman–Crippen MR) is 131 cm³/mol. The normalized spacial score (nSPS) is 16.3. The average Bonchev–Trinajstić information content (AvgIpc) is 3.19. The highest BCUT2D eigenvalue weighted by molar-refractivity contribution is 7.89. The van der Waals surface area contributed by atoms with Crippen LogP contribution in [0.2, 0.25) is 0 Å². The first-order valence-corrected chi connectivity index (χ1v) is 12.7. The molecule has 2 aromatic carbocycles. The maximum Gasteiger partial charge on any atom is 0.243 e. The fourth-order valence-corrected chi connectivity index (χ4v) is 5.71. The minimum atomic E-state index is -3.67. The van der Waals surface area contributed by atoms with Crippen LogP contribution < -0.4 is 10.6 Å². The number of amides is 2. The fourth-order valence-electron chi connectivity index (χ4n) is 4.24. The van der Waals surface area contributed by atoms with Crippen LogP contribution in [-0.2, 0) is 26.0 Å². The molecule has 2 aliphatic heterocycles. The third-order valence-electron chi connectivity index (χ3n) is 6.06. The Morgan fingerprint density at radius 1 is 1.00 bits per heavy atom. The zero-order valence-electron chi connectivity index (χ0n) is 18.8. The van der Waals surface area contributed by atoms with Crippen molar-refractivity contribution in [3.05, 3.63) is 60.3 Å². The number of rotatable bonds is 5. The summed E-state index contributed by atoms with van der Waals surface area (Å²) in [6, 6.07) is 13.9. The van der Waals surface area contributed by atoms with Crippen molar-refractivity contribution in [3.63, 3.8) is 0 Å². The largest absolute Gasteiger partial charge is 0.344 e. The molecule has 0 saturated carbocycles. The molecule has 0 radical (unpaired) electrons. The minimum Gasteiger partial charge on any atom is -0.344 e. The van der Waals surface area contributed by atoms with Gasteiger partial charge in [0, 0.05) is 49.2 Å². The van der Waals surface area contributed by atoms with Crippen LogP contribution >= 0.6 is 0 Å². The zero-order chi connectivity index (χ0) is 24.4. The summed E-state index contributed by atoms with van der Waals surface area (Å²) in [5.41, 5.74) is 3.53. The number of para-hydroxylation sites is 1. The van der Waals surface area contributed by atoms with Gasteiger partial charge in [-0.1, -0.05) is 18.2 Å². The molecule has 3 heterocycles. The van der Waals surface area contributed by atoms with E-state index >= 15 is 0 Å². The van der Waals surface area contributed by atoms with E-state index in [1.165, 1.54) is 4.31 Å². The van der Waals surface area contributed by atoms with Gasteiger partial charge in [0.25, 0.3) is 0 Å². The summed E-state index contributed by atoms with van der Waals surface area (Å²) in [4.78, 5) is 34.0. The topological polar surface area (TPSA) is 125 Å². The van der Waals surface area contributed by atoms with Gasteiger partial charge in [-0.15, -0.1) is 0 Å². The number of sulfonamides is 1. The Morgan fingerprint density at radius 3 is 2.60 bits per heavy atom. The Labute approximate surface area is 203 Å². The van der Waals surface area contributed by atoms with Crippen LogP contribution in [0.4, 0.5) is 17.3 Å². The van der Waals surface area contributed by atoms with Crippen LogP contribution in [0.1, 0.15) is 12.0 Å². The average molecular weight is 493 g/mol. The van der Waals surface area contributed by atoms with E-state index in [2.05, 4.69) is 20.6 Å². The molecule has 2 N–H and O–H groups in total. The first kappa shape index (κ1) is 22.9. The third kappa shape index (κ3) is 4.73. The Kier molecular flexibility index (Phi) is 6.18. The number of benzene rings is 2. The van der Waals surface area contributed by atoms with Crippen molar-refractivity contribution in [1.82, 2.24) is 19.2 Å². The maximum absolute atomic E-state index is 13.1. The van der Waals surface area contributed by atoms with Crippen LogP contribution in [0.3, 0.4) is 0 Å². The summed E-state index contributed by atoms with van der Waals surface area (Å²) in [6.07, 6.45) is 3.16. The molecular weight excluding hydrogens is 468 g/mol. The number of nitrogens with zero attached hydrogens (tertiary/aromatic N) is 4. The van der Waals surface area contributed by atoms with E-state index in [4.69, 9.17) is 0 Å². The highest BCUT2D eigenvalue weighted by Gasteiger charge is 2.26. The van der Waals surface area contributed by atoms with Crippen molar-refractivity contribution in [3.8, 4) is 11.3 Å². The van der Waals surface area contributed by atoms with Crippen molar-refractivity contribution >= 4 is 39.7 Å². The van der Waals surface area contributed by atoms with Gasteiger partial charge in [-0.2, -0.15) is 4.31 Å². The van der Waals surface area contributed by atoms with Gasteiger partial charge in [0.15, 0.2) is 0 Å². The van der Waals surface area contributed by atoms with E-state index in [9.17, 15) is 18.0 Å². The first-order valence-electron chi connectivity index (χ1n) is 11.3. The summed E-state index contributed by atoms with van der Waals surface area (Å²) in [5.74, 6) is 0.213. The lowest BCUT2D eigenvalue weighted by Gasteiger charge is -2.20. The quantitative estimate of drug-likeness (QED) is 0.524. The van der Waals surface area contributed by atoms with Crippen molar-refractivity contribution < 1.29 is 18.0 Å². The number of carbonyl (C=O) groups is 2. The van der Waals surface area contributed by atoms with Gasteiger partial charge < -0.3 is 15.5 Å². The fraction of sp³-hybridized carbons (Fsp3) is 0.250. The van der Waals surface area contributed by atoms with Gasteiger partial charge in [-0.05, 0) is 36.8 Å². The van der Waals surface area contributed by atoms with Crippen LogP contribution in [0.15, 0.2) is 59.6 Å². The molecule has 1 aromatic heterocycles. The molecular formula is C24H24N6O4S. The molecule has 0 aliphatic carbocycles. The predicted octanol–water partition coefficient (Wildman–Crippen LogP) is 2.23. The number of carbonyl (C=O) groups excluding carboxylic acids is 2. The van der Waals surface area contributed by atoms with Crippen molar-refractivity contribution in [2.75, 3.05) is 36.8 Å². The van der Waals surface area contributed by atoms with Crippen LogP contribution in [-0.4, -0.2) is 66.1 Å². The Bertz CT molecular complexity index is 1380. The van der Waals surface area contributed by atoms with Crippen LogP contribution in [0, 0.1) is 0 Å². The Morgan fingerprint density at radius 2 is 1.80 bits per heavy atom. The molecule has 1 saturated heterocycles. The first-order chi connectivity index (χ1) is 16.9. The summed E-state index contributed by atoms with van der Waals surface area (Å²) in [5, 5.41) is 6.00. The van der Waals surface area contributed by atoms with E-state index in [0.29, 0.717) is 49.1 Å². The van der Waals surface area contributed by atoms with E-state index < -0.39 is 10.0 Å². The van der Waals surface area contributed by atoms with Gasteiger partial charge in [0.2, 0.25) is 28.3 Å². The summed E-state index contributed by atoms with van der Waals surface area (Å²) in [6.45, 7) is 1.56. The SMILES string of the molecule is O=CN1CCCN(S(=O)(=O)c2ccc(Nc3ncc4c(n3)-c3ccccc3NC(=O)C4)cc2)CC1. The van der Waals surface area contributed by atoms with Gasteiger partial charge in [-0.3, -0.25) is 9.59 Å². The lowest BCUT2D eigenvalue weighted by Crippen LogP contribution is -2.34. The van der Waals surface area contributed by atoms with Crippen LogP contribution in [0.5, 0.6) is 0 Å². The zero-order valence-corrected chi connectivity index (χ0v) is 19.7. The van der Waals surface area contributed by atoms with Crippen molar-refractivity contribution in [1.29, 1.82) is 0 Å². The minimum absolute atomic E-state index is 0.124. The van der Waals surface area contributed by atoms with Crippen molar-refractivity contribution in [2.45, 2.75) is 17.7 Å². The van der Waals surface area contributed by atoms with Crippen molar-refractivity contribution in [2.24, 2.45) is 0 Å². The molecule has 3 aromatic rings. The van der Waals surface area contributed by atoms with E-state index in [0.717, 1.165) is 17.5 Å².